The smallest absolute Gasteiger partial charge is 0.310 e. The van der Waals surface area contributed by atoms with Crippen LogP contribution in [0, 0.1) is 6.92 Å². The van der Waals surface area contributed by atoms with E-state index >= 15 is 0 Å². The van der Waals surface area contributed by atoms with Crippen molar-refractivity contribution in [2.45, 2.75) is 16.7 Å². The van der Waals surface area contributed by atoms with E-state index in [1.165, 1.54) is 32.2 Å². The Balaban J connectivity index is 2.04. The van der Waals surface area contributed by atoms with Crippen molar-refractivity contribution in [3.8, 4) is 11.4 Å². The molecule has 14 heteroatoms. The van der Waals surface area contributed by atoms with Gasteiger partial charge < -0.3 is 9.84 Å². The fraction of sp³-hybridized carbons (Fsp3) is 0.125. The predicted octanol–water partition coefficient (Wildman–Crippen LogP) is 5.35. The second kappa shape index (κ2) is 6.39. The summed E-state index contributed by atoms with van der Waals surface area (Å²) in [6.45, 7) is 1.51. The van der Waals surface area contributed by atoms with Gasteiger partial charge in [-0.25, -0.2) is 13.1 Å². The third kappa shape index (κ3) is 4.71. The van der Waals surface area contributed by atoms with Crippen LogP contribution in [0.15, 0.2) is 56.8 Å². The van der Waals surface area contributed by atoms with Gasteiger partial charge in [0.1, 0.15) is 4.90 Å². The molecule has 0 radical (unpaired) electrons. The molecule has 0 aliphatic rings. The van der Waals surface area contributed by atoms with Crippen molar-refractivity contribution in [1.82, 2.24) is 14.9 Å². The Kier molecular flexibility index (Phi) is 4.68. The van der Waals surface area contributed by atoms with Crippen LogP contribution in [0.5, 0.6) is 0 Å². The highest BCUT2D eigenvalue weighted by Crippen LogP contribution is 3.02. The van der Waals surface area contributed by atoms with Crippen molar-refractivity contribution in [2.75, 3.05) is 12.4 Å². The summed E-state index contributed by atoms with van der Waals surface area (Å²) in [5.74, 6) is 0.213. The molecular formula is C16H15F5N4O3S2. The highest BCUT2D eigenvalue weighted by atomic mass is 32.5. The van der Waals surface area contributed by atoms with Crippen LogP contribution in [-0.4, -0.2) is 25.6 Å². The van der Waals surface area contributed by atoms with Crippen LogP contribution < -0.4 is 10.0 Å². The molecule has 0 spiro atoms. The third-order valence-corrected chi connectivity index (χ3v) is 6.49. The molecule has 3 rings (SSSR count). The summed E-state index contributed by atoms with van der Waals surface area (Å²) in [7, 11) is -12.4. The Hall–Kier alpha value is -2.71. The summed E-state index contributed by atoms with van der Waals surface area (Å²) in [5.41, 5.74) is 0.428. The van der Waals surface area contributed by atoms with Crippen LogP contribution in [0.4, 0.5) is 30.8 Å². The van der Waals surface area contributed by atoms with Crippen LogP contribution in [0.25, 0.3) is 11.4 Å². The minimum atomic E-state index is -9.79. The monoisotopic (exact) mass is 470 g/mol. The van der Waals surface area contributed by atoms with Crippen molar-refractivity contribution in [2.24, 2.45) is 0 Å². The Bertz CT molecular complexity index is 1210. The maximum atomic E-state index is 12.9. The summed E-state index contributed by atoms with van der Waals surface area (Å²) in [6.07, 6.45) is 0. The van der Waals surface area contributed by atoms with E-state index in [9.17, 15) is 27.8 Å². The standard InChI is InChI=1S/C16H15F5N4O3S2/c1-10-23-16(25-28-10)14-9-12(29(26,27)22-2)5-8-15(14)24-11-3-6-13(7-4-11)30(17,18,19,20)21/h3-9,22,24H,1-2H3. The fourth-order valence-electron chi connectivity index (χ4n) is 2.46. The lowest BCUT2D eigenvalue weighted by Crippen LogP contribution is -2.18. The molecule has 164 valence electrons. The lowest BCUT2D eigenvalue weighted by Gasteiger charge is -2.40. The molecule has 0 aliphatic heterocycles. The van der Waals surface area contributed by atoms with Gasteiger partial charge in [-0.1, -0.05) is 24.6 Å². The number of nitrogens with one attached hydrogen (secondary N) is 2. The number of sulfonamides is 1. The molecule has 1 heterocycles. The number of benzene rings is 2. The topological polar surface area (TPSA) is 97.1 Å². The highest BCUT2D eigenvalue weighted by molar-refractivity contribution is 8.45. The molecule has 0 bridgehead atoms. The number of nitrogens with zero attached hydrogens (tertiary/aromatic N) is 2. The molecular weight excluding hydrogens is 455 g/mol. The quantitative estimate of drug-likeness (QED) is 0.471. The zero-order valence-corrected chi connectivity index (χ0v) is 17.0. The van der Waals surface area contributed by atoms with Crippen LogP contribution in [0.3, 0.4) is 0 Å². The molecule has 0 aliphatic carbocycles. The first-order valence-corrected chi connectivity index (χ1v) is 11.5. The summed E-state index contributed by atoms with van der Waals surface area (Å²) in [6, 6.07) is 6.01. The van der Waals surface area contributed by atoms with Crippen molar-refractivity contribution < 1.29 is 32.4 Å². The molecule has 2 N–H and O–H groups in total. The van der Waals surface area contributed by atoms with E-state index in [-0.39, 0.29) is 45.7 Å². The Morgan fingerprint density at radius 3 is 2.13 bits per heavy atom. The number of hydrogen-bond donors (Lipinski definition) is 2. The van der Waals surface area contributed by atoms with Crippen LogP contribution in [0.2, 0.25) is 0 Å². The molecule has 0 atom stereocenters. The molecule has 0 saturated carbocycles. The first-order chi connectivity index (χ1) is 13.6. The highest BCUT2D eigenvalue weighted by Gasteiger charge is 2.65. The zero-order chi connectivity index (χ0) is 22.4. The third-order valence-electron chi connectivity index (χ3n) is 3.92. The number of halogens is 5. The largest absolute Gasteiger partial charge is 0.355 e. The SMILES string of the molecule is CNS(=O)(=O)c1ccc(Nc2ccc(S(F)(F)(F)(F)F)cc2)c(-c2noc(C)n2)c1. The maximum absolute atomic E-state index is 12.9. The van der Waals surface area contributed by atoms with Gasteiger partial charge in [0, 0.05) is 23.9 Å². The minimum Gasteiger partial charge on any atom is -0.355 e. The van der Waals surface area contributed by atoms with E-state index in [1.54, 1.807) is 0 Å². The van der Waals surface area contributed by atoms with Crippen molar-refractivity contribution in [3.63, 3.8) is 0 Å². The van der Waals surface area contributed by atoms with E-state index in [4.69, 9.17) is 4.52 Å². The van der Waals surface area contributed by atoms with Gasteiger partial charge in [0.05, 0.1) is 4.90 Å². The van der Waals surface area contributed by atoms with E-state index in [0.717, 1.165) is 12.1 Å². The molecule has 0 unspecified atom stereocenters. The number of anilines is 2. The average Bonchev–Trinajstić information content (AvgIpc) is 3.06. The van der Waals surface area contributed by atoms with Crippen LogP contribution >= 0.6 is 10.2 Å². The summed E-state index contributed by atoms with van der Waals surface area (Å²) >= 11 is 0. The van der Waals surface area contributed by atoms with Crippen molar-refractivity contribution in [3.05, 3.63) is 48.4 Å². The summed E-state index contributed by atoms with van der Waals surface area (Å²) in [5, 5.41) is 6.46. The molecule has 0 fully saturated rings. The van der Waals surface area contributed by atoms with E-state index < -0.39 is 25.1 Å². The molecule has 0 amide bonds. The van der Waals surface area contributed by atoms with Gasteiger partial charge in [-0.2, -0.15) is 4.98 Å². The maximum Gasteiger partial charge on any atom is 0.310 e. The number of hydrogen-bond acceptors (Lipinski definition) is 6. The second-order valence-corrected chi connectivity index (χ2v) is 10.5. The number of rotatable bonds is 6. The molecule has 0 saturated heterocycles. The second-order valence-electron chi connectivity index (χ2n) is 6.17. The number of aryl methyl sites for hydroxylation is 1. The van der Waals surface area contributed by atoms with Gasteiger partial charge in [-0.15, -0.1) is 0 Å². The van der Waals surface area contributed by atoms with Gasteiger partial charge >= 0.3 is 10.2 Å². The molecule has 7 nitrogen and oxygen atoms in total. The minimum absolute atomic E-state index is 0.0202. The lowest BCUT2D eigenvalue weighted by molar-refractivity contribution is 0.364. The van der Waals surface area contributed by atoms with Crippen LogP contribution in [-0.2, 0) is 10.0 Å². The summed E-state index contributed by atoms with van der Waals surface area (Å²) < 4.78 is 95.6. The molecule has 1 aromatic heterocycles. The van der Waals surface area contributed by atoms with Gasteiger partial charge in [0.15, 0.2) is 0 Å². The van der Waals surface area contributed by atoms with E-state index in [1.807, 2.05) is 0 Å². The Morgan fingerprint density at radius 2 is 1.63 bits per heavy atom. The molecule has 2 aromatic carbocycles. The molecule has 30 heavy (non-hydrogen) atoms. The van der Waals surface area contributed by atoms with Gasteiger partial charge in [0.25, 0.3) is 0 Å². The van der Waals surface area contributed by atoms with Crippen LogP contribution in [0.1, 0.15) is 5.89 Å². The molecule has 3 aromatic rings. The van der Waals surface area contributed by atoms with E-state index in [0.29, 0.717) is 0 Å². The first-order valence-electron chi connectivity index (χ1n) is 8.08. The lowest BCUT2D eigenvalue weighted by atomic mass is 10.1. The van der Waals surface area contributed by atoms with Gasteiger partial charge in [0.2, 0.25) is 21.7 Å². The Morgan fingerprint density at radius 1 is 1.00 bits per heavy atom. The normalized spacial score (nSPS) is 14.8. The number of aromatic nitrogens is 2. The van der Waals surface area contributed by atoms with E-state index in [2.05, 4.69) is 20.2 Å². The first kappa shape index (κ1) is 22.0. The fourth-order valence-corrected chi connectivity index (χ4v) is 3.87. The average molecular weight is 470 g/mol. The van der Waals surface area contributed by atoms with Gasteiger partial charge in [-0.05, 0) is 49.5 Å². The van der Waals surface area contributed by atoms with Crippen molar-refractivity contribution in [1.29, 1.82) is 0 Å². The van der Waals surface area contributed by atoms with Gasteiger partial charge in [-0.3, -0.25) is 0 Å². The predicted molar refractivity (Wildman–Crippen MR) is 102 cm³/mol. The zero-order valence-electron chi connectivity index (χ0n) is 15.4. The summed E-state index contributed by atoms with van der Waals surface area (Å²) in [4.78, 5) is 1.88. The Labute approximate surface area is 168 Å². The van der Waals surface area contributed by atoms with Crippen molar-refractivity contribution >= 4 is 31.6 Å².